The number of aromatic nitrogens is 3. The molecule has 104 valence electrons. The third kappa shape index (κ3) is 3.45. The van der Waals surface area contributed by atoms with Gasteiger partial charge in [-0.2, -0.15) is 0 Å². The number of nitrogens with one attached hydrogen (secondary N) is 1. The van der Waals surface area contributed by atoms with Crippen LogP contribution < -0.4 is 5.56 Å². The standard InChI is InChI=1S/C13H13N3O3S/c1-2-3-8-6-11(17)16-13(15-8)20-10-7-14-5-4-9(10)12(18)19/h4-7H,2-3H2,1H3,(H,18,19)(H,15,16,17). The minimum atomic E-state index is -1.04. The third-order valence-corrected chi connectivity index (χ3v) is 3.43. The highest BCUT2D eigenvalue weighted by atomic mass is 32.2. The van der Waals surface area contributed by atoms with E-state index >= 15 is 0 Å². The SMILES string of the molecule is CCCc1cc(=O)[nH]c(Sc2cnccc2C(=O)O)n1. The lowest BCUT2D eigenvalue weighted by molar-refractivity contribution is 0.0693. The summed E-state index contributed by atoms with van der Waals surface area (Å²) >= 11 is 1.09. The molecule has 0 amide bonds. The molecular weight excluding hydrogens is 278 g/mol. The lowest BCUT2D eigenvalue weighted by Crippen LogP contribution is -2.10. The van der Waals surface area contributed by atoms with E-state index in [2.05, 4.69) is 15.0 Å². The first-order valence-electron chi connectivity index (χ1n) is 6.05. The van der Waals surface area contributed by atoms with Crippen molar-refractivity contribution in [3.63, 3.8) is 0 Å². The normalized spacial score (nSPS) is 10.4. The maximum absolute atomic E-state index is 11.6. The fourth-order valence-corrected chi connectivity index (χ4v) is 2.56. The Bertz CT molecular complexity index is 685. The van der Waals surface area contributed by atoms with E-state index < -0.39 is 5.97 Å². The van der Waals surface area contributed by atoms with Gasteiger partial charge in [-0.05, 0) is 24.2 Å². The molecule has 7 heteroatoms. The van der Waals surface area contributed by atoms with Gasteiger partial charge in [-0.1, -0.05) is 13.3 Å². The van der Waals surface area contributed by atoms with Crippen molar-refractivity contribution in [2.24, 2.45) is 0 Å². The highest BCUT2D eigenvalue weighted by molar-refractivity contribution is 7.99. The molecule has 0 bridgehead atoms. The van der Waals surface area contributed by atoms with Crippen LogP contribution in [0.5, 0.6) is 0 Å². The number of aromatic amines is 1. The number of carboxylic acids is 1. The predicted molar refractivity (Wildman–Crippen MR) is 74.2 cm³/mol. The predicted octanol–water partition coefficient (Wildman–Crippen LogP) is 1.97. The second-order valence-electron chi connectivity index (χ2n) is 4.07. The molecule has 20 heavy (non-hydrogen) atoms. The molecule has 6 nitrogen and oxygen atoms in total. The first-order valence-corrected chi connectivity index (χ1v) is 6.87. The van der Waals surface area contributed by atoms with E-state index in [1.54, 1.807) is 0 Å². The van der Waals surface area contributed by atoms with Crippen LogP contribution in [0.2, 0.25) is 0 Å². The van der Waals surface area contributed by atoms with Gasteiger partial charge >= 0.3 is 5.97 Å². The number of carbonyl (C=O) groups is 1. The van der Waals surface area contributed by atoms with Crippen LogP contribution in [0.4, 0.5) is 0 Å². The topological polar surface area (TPSA) is 95.9 Å². The summed E-state index contributed by atoms with van der Waals surface area (Å²) in [7, 11) is 0. The lowest BCUT2D eigenvalue weighted by atomic mass is 10.2. The highest BCUT2D eigenvalue weighted by Crippen LogP contribution is 2.26. The van der Waals surface area contributed by atoms with Gasteiger partial charge in [0.2, 0.25) is 0 Å². The molecule has 0 aliphatic rings. The molecule has 0 atom stereocenters. The number of nitrogens with zero attached hydrogens (tertiary/aromatic N) is 2. The van der Waals surface area contributed by atoms with Gasteiger partial charge in [0.1, 0.15) is 0 Å². The number of carboxylic acid groups (broad SMARTS) is 1. The molecule has 0 fully saturated rings. The van der Waals surface area contributed by atoms with Gasteiger partial charge in [-0.25, -0.2) is 9.78 Å². The number of aryl methyl sites for hydroxylation is 1. The van der Waals surface area contributed by atoms with Crippen molar-refractivity contribution in [2.75, 3.05) is 0 Å². The zero-order chi connectivity index (χ0) is 14.5. The van der Waals surface area contributed by atoms with E-state index in [1.807, 2.05) is 6.92 Å². The Kier molecular flexibility index (Phi) is 4.52. The van der Waals surface area contributed by atoms with Crippen LogP contribution in [0.15, 0.2) is 39.4 Å². The number of H-pyrrole nitrogens is 1. The van der Waals surface area contributed by atoms with Crippen LogP contribution in [-0.4, -0.2) is 26.0 Å². The van der Waals surface area contributed by atoms with Gasteiger partial charge in [0.05, 0.1) is 5.56 Å². The Morgan fingerprint density at radius 1 is 1.50 bits per heavy atom. The smallest absolute Gasteiger partial charge is 0.336 e. The van der Waals surface area contributed by atoms with E-state index in [9.17, 15) is 9.59 Å². The van der Waals surface area contributed by atoms with Crippen molar-refractivity contribution >= 4 is 17.7 Å². The van der Waals surface area contributed by atoms with Gasteiger partial charge in [0.25, 0.3) is 5.56 Å². The largest absolute Gasteiger partial charge is 0.478 e. The van der Waals surface area contributed by atoms with Crippen LogP contribution in [0.1, 0.15) is 29.4 Å². The van der Waals surface area contributed by atoms with Crippen LogP contribution in [0.25, 0.3) is 0 Å². The van der Waals surface area contributed by atoms with E-state index in [1.165, 1.54) is 24.5 Å². The van der Waals surface area contributed by atoms with Gasteiger partial charge in [0.15, 0.2) is 5.16 Å². The Morgan fingerprint density at radius 3 is 3.00 bits per heavy atom. The summed E-state index contributed by atoms with van der Waals surface area (Å²) in [6, 6.07) is 2.87. The number of pyridine rings is 1. The van der Waals surface area contributed by atoms with Crippen LogP contribution in [-0.2, 0) is 6.42 Å². The van der Waals surface area contributed by atoms with Crippen molar-refractivity contribution < 1.29 is 9.90 Å². The molecule has 2 rings (SSSR count). The number of hydrogen-bond acceptors (Lipinski definition) is 5. The van der Waals surface area contributed by atoms with E-state index in [4.69, 9.17) is 5.11 Å². The fourth-order valence-electron chi connectivity index (χ4n) is 1.66. The molecule has 2 aromatic heterocycles. The summed E-state index contributed by atoms with van der Waals surface area (Å²) < 4.78 is 0. The Labute approximate surface area is 119 Å². The van der Waals surface area contributed by atoms with Crippen molar-refractivity contribution in [1.82, 2.24) is 15.0 Å². The second-order valence-corrected chi connectivity index (χ2v) is 5.10. The average Bonchev–Trinajstić information content (AvgIpc) is 2.38. The Morgan fingerprint density at radius 2 is 2.30 bits per heavy atom. The number of aromatic carboxylic acids is 1. The van der Waals surface area contributed by atoms with E-state index in [0.717, 1.165) is 18.2 Å². The molecule has 0 radical (unpaired) electrons. The molecule has 2 heterocycles. The average molecular weight is 291 g/mol. The molecule has 2 aromatic rings. The molecule has 2 N–H and O–H groups in total. The zero-order valence-corrected chi connectivity index (χ0v) is 11.6. The van der Waals surface area contributed by atoms with Gasteiger partial charge in [0, 0.05) is 29.0 Å². The summed E-state index contributed by atoms with van der Waals surface area (Å²) in [5.74, 6) is -1.04. The molecule has 0 unspecified atom stereocenters. The number of rotatable bonds is 5. The first-order chi connectivity index (χ1) is 9.60. The van der Waals surface area contributed by atoms with Gasteiger partial charge < -0.3 is 10.1 Å². The Hall–Kier alpha value is -2.15. The summed E-state index contributed by atoms with van der Waals surface area (Å²) in [5, 5.41) is 9.48. The zero-order valence-electron chi connectivity index (χ0n) is 10.8. The monoisotopic (exact) mass is 291 g/mol. The molecule has 0 spiro atoms. The van der Waals surface area contributed by atoms with E-state index in [-0.39, 0.29) is 11.1 Å². The van der Waals surface area contributed by atoms with Crippen molar-refractivity contribution in [3.8, 4) is 0 Å². The maximum atomic E-state index is 11.6. The minimum Gasteiger partial charge on any atom is -0.478 e. The highest BCUT2D eigenvalue weighted by Gasteiger charge is 2.12. The van der Waals surface area contributed by atoms with Gasteiger partial charge in [-0.3, -0.25) is 9.78 Å². The van der Waals surface area contributed by atoms with Crippen LogP contribution >= 0.6 is 11.8 Å². The molecule has 0 aliphatic carbocycles. The lowest BCUT2D eigenvalue weighted by Gasteiger charge is -2.05. The molecule has 0 saturated carbocycles. The molecular formula is C13H13N3O3S. The van der Waals surface area contributed by atoms with Gasteiger partial charge in [-0.15, -0.1) is 0 Å². The van der Waals surface area contributed by atoms with Crippen molar-refractivity contribution in [3.05, 3.63) is 46.1 Å². The van der Waals surface area contributed by atoms with E-state index in [0.29, 0.717) is 22.2 Å². The summed E-state index contributed by atoms with van der Waals surface area (Å²) in [6.45, 7) is 2.00. The van der Waals surface area contributed by atoms with Crippen LogP contribution in [0.3, 0.4) is 0 Å². The van der Waals surface area contributed by atoms with Crippen molar-refractivity contribution in [1.29, 1.82) is 0 Å². The molecule has 0 saturated heterocycles. The third-order valence-electron chi connectivity index (χ3n) is 2.50. The minimum absolute atomic E-state index is 0.133. The maximum Gasteiger partial charge on any atom is 0.336 e. The summed E-state index contributed by atoms with van der Waals surface area (Å²) in [5.41, 5.74) is 0.583. The Balaban J connectivity index is 2.35. The molecule has 0 aliphatic heterocycles. The first kappa shape index (κ1) is 14.3. The second kappa shape index (κ2) is 6.33. The summed E-state index contributed by atoms with van der Waals surface area (Å²) in [4.78, 5) is 33.9. The van der Waals surface area contributed by atoms with Crippen LogP contribution in [0, 0.1) is 0 Å². The fraction of sp³-hybridized carbons (Fsp3) is 0.231. The van der Waals surface area contributed by atoms with Crippen molar-refractivity contribution in [2.45, 2.75) is 29.8 Å². The summed E-state index contributed by atoms with van der Waals surface area (Å²) in [6.07, 6.45) is 4.45. The molecule has 0 aromatic carbocycles. The number of hydrogen-bond donors (Lipinski definition) is 2. The quantitative estimate of drug-likeness (QED) is 0.818.